The van der Waals surface area contributed by atoms with E-state index in [0.29, 0.717) is 12.0 Å². The molecule has 3 fully saturated rings. The number of fused-ring (bicyclic) bond motifs is 2. The molecule has 1 heterocycles. The Hall–Kier alpha value is -2.25. The summed E-state index contributed by atoms with van der Waals surface area (Å²) in [5, 5.41) is 11.1. The Morgan fingerprint density at radius 1 is 1.22 bits per heavy atom. The lowest BCUT2D eigenvalue weighted by atomic mass is 9.80. The normalized spacial score (nSPS) is 42.0. The van der Waals surface area contributed by atoms with Crippen LogP contribution in [0.4, 0.5) is 0 Å². The summed E-state index contributed by atoms with van der Waals surface area (Å²) in [4.78, 5) is 38.9. The summed E-state index contributed by atoms with van der Waals surface area (Å²) in [6, 6.07) is 0. The van der Waals surface area contributed by atoms with Crippen molar-refractivity contribution in [2.24, 2.45) is 29.1 Å². The number of rotatable bonds is 6. The van der Waals surface area contributed by atoms with E-state index in [1.54, 1.807) is 19.1 Å². The average Bonchev–Trinajstić information content (AvgIpc) is 3.65. The third kappa shape index (κ3) is 5.35. The van der Waals surface area contributed by atoms with Crippen molar-refractivity contribution in [3.63, 3.8) is 0 Å². The van der Waals surface area contributed by atoms with Gasteiger partial charge in [0.25, 0.3) is 0 Å². The summed E-state index contributed by atoms with van der Waals surface area (Å²) >= 11 is 0. The Labute approximate surface area is 220 Å². The molecular formula is C30H42O7. The molecule has 204 valence electrons. The highest BCUT2D eigenvalue weighted by Crippen LogP contribution is 2.62. The van der Waals surface area contributed by atoms with Crippen molar-refractivity contribution in [1.82, 2.24) is 0 Å². The lowest BCUT2D eigenvalue weighted by Crippen LogP contribution is -2.48. The van der Waals surface area contributed by atoms with E-state index < -0.39 is 35.7 Å². The van der Waals surface area contributed by atoms with E-state index in [9.17, 15) is 19.5 Å². The molecule has 0 aromatic rings. The molecule has 1 saturated heterocycles. The number of ketones is 1. The minimum atomic E-state index is -1.49. The fourth-order valence-corrected chi connectivity index (χ4v) is 6.64. The van der Waals surface area contributed by atoms with Crippen LogP contribution in [-0.4, -0.2) is 52.8 Å². The van der Waals surface area contributed by atoms with Crippen LogP contribution in [0.25, 0.3) is 0 Å². The van der Waals surface area contributed by atoms with Crippen molar-refractivity contribution in [3.8, 4) is 0 Å². The number of ether oxygens (including phenoxy) is 3. The van der Waals surface area contributed by atoms with Crippen LogP contribution in [0.15, 0.2) is 35.5 Å². The van der Waals surface area contributed by atoms with E-state index in [4.69, 9.17) is 14.2 Å². The summed E-state index contributed by atoms with van der Waals surface area (Å²) in [6.45, 7) is 13.2. The maximum Gasteiger partial charge on any atom is 0.331 e. The van der Waals surface area contributed by atoms with E-state index in [1.165, 1.54) is 13.0 Å². The zero-order valence-corrected chi connectivity index (χ0v) is 23.2. The molecule has 1 aliphatic heterocycles. The Bertz CT molecular complexity index is 1040. The number of carbonyl (C=O) groups excluding carboxylic acids is 3. The molecule has 0 spiro atoms. The number of hydrogen-bond acceptors (Lipinski definition) is 7. The van der Waals surface area contributed by atoms with Gasteiger partial charge in [-0.1, -0.05) is 46.3 Å². The molecule has 0 bridgehead atoms. The van der Waals surface area contributed by atoms with Crippen LogP contribution in [0.5, 0.6) is 0 Å². The first-order valence-corrected chi connectivity index (χ1v) is 13.6. The maximum atomic E-state index is 13.9. The van der Waals surface area contributed by atoms with Gasteiger partial charge in [-0.2, -0.15) is 0 Å². The minimum absolute atomic E-state index is 0.0398. The van der Waals surface area contributed by atoms with Crippen LogP contribution in [0.1, 0.15) is 74.1 Å². The summed E-state index contributed by atoms with van der Waals surface area (Å²) < 4.78 is 17.3. The number of allylic oxidation sites excluding steroid dienone is 1. The van der Waals surface area contributed by atoms with Crippen LogP contribution >= 0.6 is 0 Å². The van der Waals surface area contributed by atoms with Crippen molar-refractivity contribution in [1.29, 1.82) is 0 Å². The van der Waals surface area contributed by atoms with E-state index in [-0.39, 0.29) is 47.6 Å². The predicted octanol–water partition coefficient (Wildman–Crippen LogP) is 4.48. The largest absolute Gasteiger partial charge is 0.455 e. The van der Waals surface area contributed by atoms with Gasteiger partial charge in [0, 0.05) is 19.4 Å². The monoisotopic (exact) mass is 514 g/mol. The summed E-state index contributed by atoms with van der Waals surface area (Å²) in [5.74, 6) is -1.91. The lowest BCUT2D eigenvalue weighted by Gasteiger charge is -2.34. The molecule has 0 amide bonds. The number of aliphatic hydroxyl groups is 1. The first-order chi connectivity index (χ1) is 17.3. The second-order valence-electron chi connectivity index (χ2n) is 12.2. The van der Waals surface area contributed by atoms with Crippen LogP contribution in [-0.2, 0) is 28.6 Å². The van der Waals surface area contributed by atoms with Crippen LogP contribution < -0.4 is 0 Å². The Morgan fingerprint density at radius 3 is 2.57 bits per heavy atom. The zero-order chi connectivity index (χ0) is 27.3. The van der Waals surface area contributed by atoms with Crippen molar-refractivity contribution < 1.29 is 33.7 Å². The number of hydrogen-bond donors (Lipinski definition) is 1. The lowest BCUT2D eigenvalue weighted by molar-refractivity contribution is -0.168. The first kappa shape index (κ1) is 27.8. The van der Waals surface area contributed by atoms with Crippen LogP contribution in [0.3, 0.4) is 0 Å². The number of esters is 2. The van der Waals surface area contributed by atoms with Crippen molar-refractivity contribution >= 4 is 17.7 Å². The smallest absolute Gasteiger partial charge is 0.331 e. The minimum Gasteiger partial charge on any atom is -0.455 e. The van der Waals surface area contributed by atoms with Gasteiger partial charge in [-0.05, 0) is 67.1 Å². The highest BCUT2D eigenvalue weighted by molar-refractivity contribution is 6.03. The van der Waals surface area contributed by atoms with E-state index in [1.807, 2.05) is 19.9 Å². The Kier molecular flexibility index (Phi) is 7.61. The molecule has 7 nitrogen and oxygen atoms in total. The van der Waals surface area contributed by atoms with E-state index in [0.717, 1.165) is 18.4 Å². The van der Waals surface area contributed by atoms with Gasteiger partial charge in [0.15, 0.2) is 5.60 Å². The third-order valence-corrected chi connectivity index (χ3v) is 9.05. The van der Waals surface area contributed by atoms with Gasteiger partial charge in [-0.3, -0.25) is 9.59 Å². The molecule has 0 radical (unpaired) electrons. The number of epoxide rings is 1. The molecule has 0 aromatic heterocycles. The molecule has 2 saturated carbocycles. The molecule has 7 heteroatoms. The molecule has 3 aliphatic carbocycles. The van der Waals surface area contributed by atoms with Crippen molar-refractivity contribution in [2.45, 2.75) is 104 Å². The first-order valence-electron chi connectivity index (χ1n) is 13.6. The van der Waals surface area contributed by atoms with E-state index in [2.05, 4.69) is 20.8 Å². The van der Waals surface area contributed by atoms with Crippen molar-refractivity contribution in [3.05, 3.63) is 35.5 Å². The van der Waals surface area contributed by atoms with Crippen molar-refractivity contribution in [2.75, 3.05) is 0 Å². The molecule has 0 unspecified atom stereocenters. The van der Waals surface area contributed by atoms with E-state index >= 15 is 0 Å². The second-order valence-corrected chi connectivity index (χ2v) is 12.2. The topological polar surface area (TPSA) is 102 Å². The predicted molar refractivity (Wildman–Crippen MR) is 138 cm³/mol. The van der Waals surface area contributed by atoms with Gasteiger partial charge in [0.1, 0.15) is 12.2 Å². The Balaban J connectivity index is 1.68. The highest BCUT2D eigenvalue weighted by Gasteiger charge is 2.61. The maximum absolute atomic E-state index is 13.9. The summed E-state index contributed by atoms with van der Waals surface area (Å²) in [6.07, 6.45) is 8.55. The fraction of sp³-hybridized carbons (Fsp3) is 0.700. The second kappa shape index (κ2) is 10.1. The third-order valence-electron chi connectivity index (χ3n) is 9.05. The van der Waals surface area contributed by atoms with Gasteiger partial charge >= 0.3 is 11.9 Å². The number of Topliss-reactive ketones (excluding diaryl/α,β-unsaturated/α-hetero) is 1. The Morgan fingerprint density at radius 2 is 1.92 bits per heavy atom. The SMILES string of the molecule is CCC[C@@H]1O[C@@H]1/C=C/C(=O)O[C@@H]1C[C@H]2[C@@H](/C=C(\C)C(=O)[C@@]3(OC(C)=O)C[C@@H](C)[C@H](O)[C@@H]3C=C1C)C2(C)C. The standard InChI is InChI=1S/C30H42O7/c1-8-9-23-24(35-23)10-11-26(32)36-25-14-21-20(29(21,6)7)13-17(3)28(34)30(37-19(5)31)15-18(4)27(33)22(30)12-16(25)2/h10-13,18,20-25,27,33H,8-9,14-15H2,1-7H3/b11-10+,16-12?,17-13+/t18-,20-,21+,22+,23+,24-,25-,27+,30-/m1/s1. The van der Waals surface area contributed by atoms with Gasteiger partial charge in [-0.25, -0.2) is 4.79 Å². The molecular weight excluding hydrogens is 472 g/mol. The van der Waals surface area contributed by atoms with Crippen LogP contribution in [0, 0.1) is 29.1 Å². The fourth-order valence-electron chi connectivity index (χ4n) is 6.64. The number of carbonyl (C=O) groups is 3. The molecule has 9 atom stereocenters. The zero-order valence-electron chi connectivity index (χ0n) is 23.2. The van der Waals surface area contributed by atoms with Gasteiger partial charge in [0.2, 0.25) is 5.78 Å². The average molecular weight is 515 g/mol. The molecule has 4 aliphatic rings. The summed E-state index contributed by atoms with van der Waals surface area (Å²) in [5.41, 5.74) is -0.259. The summed E-state index contributed by atoms with van der Waals surface area (Å²) in [7, 11) is 0. The molecule has 1 N–H and O–H groups in total. The van der Waals surface area contributed by atoms with Gasteiger partial charge < -0.3 is 19.3 Å². The molecule has 4 rings (SSSR count). The number of aliphatic hydroxyl groups excluding tert-OH is 1. The quantitative estimate of drug-likeness (QED) is 0.241. The van der Waals surface area contributed by atoms with Crippen LogP contribution in [0.2, 0.25) is 0 Å². The van der Waals surface area contributed by atoms with Gasteiger partial charge in [-0.15, -0.1) is 0 Å². The molecule has 37 heavy (non-hydrogen) atoms. The highest BCUT2D eigenvalue weighted by atomic mass is 16.6. The van der Waals surface area contributed by atoms with Gasteiger partial charge in [0.05, 0.1) is 18.1 Å². The molecule has 0 aromatic carbocycles.